The van der Waals surface area contributed by atoms with Crippen LogP contribution in [0.1, 0.15) is 18.9 Å². The van der Waals surface area contributed by atoms with Crippen LogP contribution in [0.2, 0.25) is 0 Å². The molecular formula is C24H22BrFN2O6. The molecule has 8 nitrogen and oxygen atoms in total. The van der Waals surface area contributed by atoms with Gasteiger partial charge in [0.15, 0.2) is 28.8 Å². The van der Waals surface area contributed by atoms with E-state index >= 15 is 0 Å². The Morgan fingerprint density at radius 1 is 1.32 bits per heavy atom. The molecule has 1 unspecified atom stereocenters. The maximum Gasteiger partial charge on any atom is 0.306 e. The molecule has 0 aliphatic rings. The fraction of sp³-hybridized carbons (Fsp3) is 0.208. The van der Waals surface area contributed by atoms with Gasteiger partial charge in [-0.1, -0.05) is 22.0 Å². The first-order chi connectivity index (χ1) is 16.2. The summed E-state index contributed by atoms with van der Waals surface area (Å²) >= 11 is 3.18. The highest BCUT2D eigenvalue weighted by molar-refractivity contribution is 9.10. The molecule has 0 bridgehead atoms. The number of fused-ring (bicyclic) bond motifs is 1. The molecule has 0 aliphatic heterocycles. The zero-order valence-electron chi connectivity index (χ0n) is 18.4. The molecule has 0 fully saturated rings. The van der Waals surface area contributed by atoms with Crippen LogP contribution in [0.4, 0.5) is 4.39 Å². The minimum absolute atomic E-state index is 0.0803. The molecule has 3 aromatic rings. The van der Waals surface area contributed by atoms with Crippen molar-refractivity contribution in [1.29, 1.82) is 5.26 Å². The summed E-state index contributed by atoms with van der Waals surface area (Å²) in [5.74, 6) is -1.34. The Labute approximate surface area is 204 Å². The lowest BCUT2D eigenvalue weighted by Crippen LogP contribution is -2.21. The number of methoxy groups -OCH3 is 1. The van der Waals surface area contributed by atoms with Crippen LogP contribution >= 0.6 is 15.9 Å². The van der Waals surface area contributed by atoms with E-state index in [1.165, 1.54) is 37.6 Å². The summed E-state index contributed by atoms with van der Waals surface area (Å²) < 4.78 is 31.4. The number of aliphatic hydroxyl groups excluding tert-OH is 1. The molecule has 0 saturated carbocycles. The summed E-state index contributed by atoms with van der Waals surface area (Å²) in [6, 6.07) is 9.23. The van der Waals surface area contributed by atoms with Crippen molar-refractivity contribution in [2.45, 2.75) is 19.4 Å². The van der Waals surface area contributed by atoms with E-state index < -0.39 is 24.3 Å². The number of carboxylic acids is 1. The molecule has 0 saturated heterocycles. The van der Waals surface area contributed by atoms with E-state index in [1.54, 1.807) is 12.1 Å². The highest BCUT2D eigenvalue weighted by Gasteiger charge is 2.18. The topological polar surface area (TPSA) is 122 Å². The van der Waals surface area contributed by atoms with E-state index in [-0.39, 0.29) is 35.2 Å². The summed E-state index contributed by atoms with van der Waals surface area (Å²) in [5, 5.41) is 28.3. The number of pyridine rings is 1. The average molecular weight is 533 g/mol. The van der Waals surface area contributed by atoms with Gasteiger partial charge in [-0.2, -0.15) is 5.26 Å². The van der Waals surface area contributed by atoms with Crippen LogP contribution < -0.4 is 14.2 Å². The van der Waals surface area contributed by atoms with E-state index in [9.17, 15) is 19.6 Å². The summed E-state index contributed by atoms with van der Waals surface area (Å²) in [6.45, 7) is 4.97. The van der Waals surface area contributed by atoms with Crippen molar-refractivity contribution in [3.63, 3.8) is 0 Å². The molecule has 0 radical (unpaired) electrons. The van der Waals surface area contributed by atoms with Crippen molar-refractivity contribution < 1.29 is 33.6 Å². The number of ether oxygens (including phenoxy) is 3. The minimum atomic E-state index is -1.22. The van der Waals surface area contributed by atoms with Crippen LogP contribution in [0.25, 0.3) is 10.9 Å². The van der Waals surface area contributed by atoms with Gasteiger partial charge in [0, 0.05) is 22.1 Å². The number of carbonyl (C=O) groups is 1. The van der Waals surface area contributed by atoms with Gasteiger partial charge in [0.1, 0.15) is 18.2 Å². The molecule has 2 N–H and O–H groups in total. The highest BCUT2D eigenvalue weighted by Crippen LogP contribution is 2.39. The van der Waals surface area contributed by atoms with E-state index in [0.717, 1.165) is 0 Å². The highest BCUT2D eigenvalue weighted by atomic mass is 79.9. The number of allylic oxidation sites excluding steroid dienone is 1. The lowest BCUT2D eigenvalue weighted by Gasteiger charge is -2.16. The third-order valence-electron chi connectivity index (χ3n) is 4.17. The number of nitrogens with zero attached hydrogens (tertiary/aromatic N) is 2. The van der Waals surface area contributed by atoms with Crippen LogP contribution in [0.5, 0.6) is 23.0 Å². The predicted molar refractivity (Wildman–Crippen MR) is 127 cm³/mol. The summed E-state index contributed by atoms with van der Waals surface area (Å²) in [7, 11) is 1.39. The van der Waals surface area contributed by atoms with Gasteiger partial charge in [-0.25, -0.2) is 4.39 Å². The maximum atomic E-state index is 14.3. The third-order valence-corrected chi connectivity index (χ3v) is 4.67. The van der Waals surface area contributed by atoms with Crippen molar-refractivity contribution in [2.75, 3.05) is 13.7 Å². The Hall–Kier alpha value is -3.68. The van der Waals surface area contributed by atoms with Gasteiger partial charge in [0.05, 0.1) is 25.2 Å². The number of carboxylic acid groups (broad SMARTS) is 1. The SMILES string of the molecule is C=CC.COc1cc2c(Oc3ccc(Br)cc3F)c(C#N)cnc2cc1OCC(O)CC(=O)O. The van der Waals surface area contributed by atoms with Gasteiger partial charge < -0.3 is 24.4 Å². The number of hydrogen-bond acceptors (Lipinski definition) is 7. The fourth-order valence-electron chi connectivity index (χ4n) is 2.75. The van der Waals surface area contributed by atoms with Crippen molar-refractivity contribution in [2.24, 2.45) is 0 Å². The van der Waals surface area contributed by atoms with Crippen LogP contribution in [0.3, 0.4) is 0 Å². The van der Waals surface area contributed by atoms with Crippen molar-refractivity contribution in [3.8, 4) is 29.1 Å². The van der Waals surface area contributed by atoms with Gasteiger partial charge in [-0.15, -0.1) is 6.58 Å². The predicted octanol–water partition coefficient (Wildman–Crippen LogP) is 5.22. The molecule has 1 aromatic heterocycles. The van der Waals surface area contributed by atoms with Gasteiger partial charge >= 0.3 is 5.97 Å². The van der Waals surface area contributed by atoms with Gasteiger partial charge in [0.25, 0.3) is 0 Å². The van der Waals surface area contributed by atoms with Gasteiger partial charge in [0.2, 0.25) is 0 Å². The molecule has 2 aromatic carbocycles. The number of aromatic nitrogens is 1. The monoisotopic (exact) mass is 532 g/mol. The van der Waals surface area contributed by atoms with Crippen molar-refractivity contribution in [3.05, 3.63) is 65.0 Å². The van der Waals surface area contributed by atoms with Gasteiger partial charge in [-0.3, -0.25) is 9.78 Å². The zero-order chi connectivity index (χ0) is 25.3. The Balaban J connectivity index is 0.00000129. The molecule has 1 heterocycles. The number of aliphatic carboxylic acids is 1. The Morgan fingerprint density at radius 2 is 2.03 bits per heavy atom. The molecule has 34 heavy (non-hydrogen) atoms. The maximum absolute atomic E-state index is 14.3. The number of aliphatic hydroxyl groups is 1. The largest absolute Gasteiger partial charge is 0.493 e. The second-order valence-electron chi connectivity index (χ2n) is 6.78. The Morgan fingerprint density at radius 3 is 2.62 bits per heavy atom. The number of benzene rings is 2. The first-order valence-corrected chi connectivity index (χ1v) is 10.7. The summed E-state index contributed by atoms with van der Waals surface area (Å²) in [4.78, 5) is 14.9. The molecular weight excluding hydrogens is 511 g/mol. The molecule has 0 spiro atoms. The zero-order valence-corrected chi connectivity index (χ0v) is 20.0. The second kappa shape index (κ2) is 12.5. The number of rotatable bonds is 8. The standard InChI is InChI=1S/C21H16BrFN2O6.C3H6/c1-29-18-6-14-16(7-19(18)30-10-13(26)5-20(27)28)25-9-11(8-24)21(14)31-17-3-2-12(22)4-15(17)23;1-3-2/h2-4,6-7,9,13,26H,5,10H2,1H3,(H,27,28);3H,1H2,2H3. The van der Waals surface area contributed by atoms with E-state index in [1.807, 2.05) is 13.0 Å². The lowest BCUT2D eigenvalue weighted by atomic mass is 10.1. The fourth-order valence-corrected chi connectivity index (χ4v) is 3.09. The van der Waals surface area contributed by atoms with Crippen LogP contribution in [0.15, 0.2) is 53.7 Å². The Kier molecular flexibility index (Phi) is 9.79. The molecule has 10 heteroatoms. The molecule has 178 valence electrons. The van der Waals surface area contributed by atoms with Gasteiger partial charge in [-0.05, 0) is 31.2 Å². The molecule has 0 amide bonds. The smallest absolute Gasteiger partial charge is 0.306 e. The number of hydrogen-bond donors (Lipinski definition) is 2. The summed E-state index contributed by atoms with van der Waals surface area (Å²) in [5.41, 5.74) is 0.442. The quantitative estimate of drug-likeness (QED) is 0.379. The average Bonchev–Trinajstić information content (AvgIpc) is 2.79. The number of halogens is 2. The van der Waals surface area contributed by atoms with Crippen LogP contribution in [-0.2, 0) is 4.79 Å². The second-order valence-corrected chi connectivity index (χ2v) is 7.70. The van der Waals surface area contributed by atoms with Crippen LogP contribution in [0, 0.1) is 17.1 Å². The van der Waals surface area contributed by atoms with Crippen LogP contribution in [-0.4, -0.2) is 41.0 Å². The van der Waals surface area contributed by atoms with E-state index in [0.29, 0.717) is 15.4 Å². The minimum Gasteiger partial charge on any atom is -0.493 e. The van der Waals surface area contributed by atoms with E-state index in [2.05, 4.69) is 27.5 Å². The van der Waals surface area contributed by atoms with E-state index in [4.69, 9.17) is 19.3 Å². The first-order valence-electron chi connectivity index (χ1n) is 9.87. The van der Waals surface area contributed by atoms with Crippen molar-refractivity contribution in [1.82, 2.24) is 4.98 Å². The number of nitriles is 1. The summed E-state index contributed by atoms with van der Waals surface area (Å²) in [6.07, 6.45) is 1.34. The first kappa shape index (κ1) is 26.6. The Bertz CT molecular complexity index is 1230. The lowest BCUT2D eigenvalue weighted by molar-refractivity contribution is -0.139. The molecule has 3 rings (SSSR count). The third kappa shape index (κ3) is 6.91. The molecule has 0 aliphatic carbocycles. The van der Waals surface area contributed by atoms with Crippen molar-refractivity contribution >= 4 is 32.8 Å². The molecule has 1 atom stereocenters. The normalized spacial score (nSPS) is 10.9.